The minimum atomic E-state index is -0.622. The Bertz CT molecular complexity index is 2510. The third kappa shape index (κ3) is 4.08. The molecule has 5 aromatic carbocycles. The van der Waals surface area contributed by atoms with Crippen LogP contribution < -0.4 is 4.57 Å². The van der Waals surface area contributed by atoms with Gasteiger partial charge >= 0.3 is 0 Å². The van der Waals surface area contributed by atoms with Crippen LogP contribution in [0.5, 0.6) is 0 Å². The quantitative estimate of drug-likeness (QED) is 0.142. The maximum Gasteiger partial charge on any atom is 0.243 e. The summed E-state index contributed by atoms with van der Waals surface area (Å²) >= 11 is 0. The molecular formula is C44H36N4. The Morgan fingerprint density at radius 3 is 2.29 bits per heavy atom. The SMILES string of the molecule is C[n+]1[c-]n(-c2cccc(C3(c4ccccc4)c4cc(-c5cc(C(C)(C)C)ccn5)ccc4-n4c5ccccc5c5cccc3c54)c2)cc1. The highest BCUT2D eigenvalue weighted by molar-refractivity contribution is 6.12. The van der Waals surface area contributed by atoms with E-state index in [4.69, 9.17) is 4.98 Å². The van der Waals surface area contributed by atoms with Crippen LogP contribution in [0.15, 0.2) is 146 Å². The summed E-state index contributed by atoms with van der Waals surface area (Å²) in [5.74, 6) is 0. The van der Waals surface area contributed by atoms with E-state index in [9.17, 15) is 0 Å². The van der Waals surface area contributed by atoms with Gasteiger partial charge < -0.3 is 13.7 Å². The summed E-state index contributed by atoms with van der Waals surface area (Å²) in [6.45, 7) is 6.77. The summed E-state index contributed by atoms with van der Waals surface area (Å²) in [6.07, 6.45) is 9.46. The van der Waals surface area contributed by atoms with Gasteiger partial charge in [-0.25, -0.2) is 0 Å². The van der Waals surface area contributed by atoms with E-state index < -0.39 is 5.41 Å². The third-order valence-corrected chi connectivity index (χ3v) is 10.1. The van der Waals surface area contributed by atoms with Crippen LogP contribution in [0.25, 0.3) is 44.4 Å². The maximum absolute atomic E-state index is 4.93. The van der Waals surface area contributed by atoms with Crippen LogP contribution >= 0.6 is 0 Å². The van der Waals surface area contributed by atoms with Crippen molar-refractivity contribution in [1.29, 1.82) is 0 Å². The molecule has 0 spiro atoms. The molecule has 48 heavy (non-hydrogen) atoms. The number of imidazole rings is 1. The predicted octanol–water partition coefficient (Wildman–Crippen LogP) is 9.25. The first kappa shape index (κ1) is 28.5. The van der Waals surface area contributed by atoms with Gasteiger partial charge in [-0.05, 0) is 63.6 Å². The molecule has 0 amide bonds. The molecule has 4 heteroatoms. The number of hydrogen-bond acceptors (Lipinski definition) is 1. The van der Waals surface area contributed by atoms with Crippen LogP contribution in [-0.2, 0) is 17.9 Å². The van der Waals surface area contributed by atoms with Gasteiger partial charge in [-0.3, -0.25) is 4.98 Å². The number of pyridine rings is 1. The molecule has 0 radical (unpaired) electrons. The van der Waals surface area contributed by atoms with Crippen LogP contribution in [-0.4, -0.2) is 14.1 Å². The molecule has 1 aliphatic heterocycles. The summed E-state index contributed by atoms with van der Waals surface area (Å²) in [6, 6.07) is 47.1. The predicted molar refractivity (Wildman–Crippen MR) is 194 cm³/mol. The van der Waals surface area contributed by atoms with E-state index in [1.165, 1.54) is 55.3 Å². The molecule has 1 unspecified atom stereocenters. The summed E-state index contributed by atoms with van der Waals surface area (Å²) in [7, 11) is 2.01. The average molecular weight is 621 g/mol. The summed E-state index contributed by atoms with van der Waals surface area (Å²) in [5.41, 5.74) is 12.4. The van der Waals surface area contributed by atoms with Crippen molar-refractivity contribution in [3.8, 4) is 22.6 Å². The van der Waals surface area contributed by atoms with Crippen molar-refractivity contribution in [2.45, 2.75) is 31.6 Å². The Morgan fingerprint density at radius 2 is 1.48 bits per heavy atom. The molecular weight excluding hydrogens is 585 g/mol. The Labute approximate surface area is 281 Å². The van der Waals surface area contributed by atoms with E-state index in [0.29, 0.717) is 0 Å². The summed E-state index contributed by atoms with van der Waals surface area (Å²) in [5, 5.41) is 2.52. The molecule has 0 saturated carbocycles. The van der Waals surface area contributed by atoms with E-state index >= 15 is 0 Å². The van der Waals surface area contributed by atoms with Gasteiger partial charge in [-0.15, -0.1) is 0 Å². The topological polar surface area (TPSA) is 26.6 Å². The van der Waals surface area contributed by atoms with Gasteiger partial charge in [0, 0.05) is 34.9 Å². The normalized spacial score (nSPS) is 15.6. The first-order valence-corrected chi connectivity index (χ1v) is 16.6. The molecule has 4 heterocycles. The Hall–Kier alpha value is -5.74. The van der Waals surface area contributed by atoms with Gasteiger partial charge in [0.1, 0.15) is 0 Å². The van der Waals surface area contributed by atoms with Crippen LogP contribution in [0.3, 0.4) is 0 Å². The van der Waals surface area contributed by atoms with Gasteiger partial charge in [0.25, 0.3) is 0 Å². The smallest absolute Gasteiger partial charge is 0.243 e. The van der Waals surface area contributed by atoms with Crippen molar-refractivity contribution in [2.24, 2.45) is 7.05 Å². The zero-order chi connectivity index (χ0) is 32.6. The molecule has 1 atom stereocenters. The second-order valence-electron chi connectivity index (χ2n) is 14.0. The first-order valence-electron chi connectivity index (χ1n) is 16.6. The van der Waals surface area contributed by atoms with Gasteiger partial charge in [0.15, 0.2) is 0 Å². The number of fused-ring (bicyclic) bond motifs is 5. The number of para-hydroxylation sites is 2. The molecule has 1 aliphatic rings. The van der Waals surface area contributed by atoms with Crippen LogP contribution in [0.4, 0.5) is 0 Å². The summed E-state index contributed by atoms with van der Waals surface area (Å²) in [4.78, 5) is 4.93. The highest BCUT2D eigenvalue weighted by atomic mass is 15.1. The minimum absolute atomic E-state index is 0.0147. The number of rotatable bonds is 4. The Morgan fingerprint density at radius 1 is 0.708 bits per heavy atom. The molecule has 0 saturated heterocycles. The van der Waals surface area contributed by atoms with Gasteiger partial charge in [0.05, 0.1) is 40.6 Å². The molecule has 9 rings (SSSR count). The fourth-order valence-corrected chi connectivity index (χ4v) is 7.88. The standard InChI is InChI=1S/C44H36N4/c1-43(2,3)32-22-23-45-39(28-32)30-20-21-41-38(26-30)44(31-12-6-5-7-13-31,33-14-10-15-34(27-33)47-25-24-46(4)29-47)37-18-11-17-36-35-16-8-9-19-40(35)48(41)42(36)37/h5-28H,1-4H3. The molecule has 0 fully saturated rings. The van der Waals surface area contributed by atoms with Crippen LogP contribution in [0.2, 0.25) is 0 Å². The van der Waals surface area contributed by atoms with Crippen molar-refractivity contribution in [1.82, 2.24) is 14.1 Å². The second kappa shape index (κ2) is 10.4. The highest BCUT2D eigenvalue weighted by Crippen LogP contribution is 2.55. The van der Waals surface area contributed by atoms with Gasteiger partial charge in [-0.1, -0.05) is 118 Å². The van der Waals surface area contributed by atoms with Crippen molar-refractivity contribution < 1.29 is 4.57 Å². The lowest BCUT2D eigenvalue weighted by Crippen LogP contribution is -2.35. The second-order valence-corrected chi connectivity index (χ2v) is 14.0. The van der Waals surface area contributed by atoms with Crippen molar-refractivity contribution in [3.05, 3.63) is 180 Å². The fourth-order valence-electron chi connectivity index (χ4n) is 7.88. The number of aryl methyl sites for hydroxylation is 1. The lowest BCUT2D eigenvalue weighted by molar-refractivity contribution is -0.674. The molecule has 0 aliphatic carbocycles. The molecule has 4 nitrogen and oxygen atoms in total. The largest absolute Gasteiger partial charge is 0.326 e. The lowest BCUT2D eigenvalue weighted by Gasteiger charge is -2.42. The minimum Gasteiger partial charge on any atom is -0.326 e. The average Bonchev–Trinajstić information content (AvgIpc) is 3.71. The Balaban J connectivity index is 1.45. The van der Waals surface area contributed by atoms with Crippen LogP contribution in [0.1, 0.15) is 48.6 Å². The molecule has 8 aromatic rings. The molecule has 3 aromatic heterocycles. The lowest BCUT2D eigenvalue weighted by atomic mass is 9.62. The van der Waals surface area contributed by atoms with Crippen molar-refractivity contribution in [2.75, 3.05) is 0 Å². The molecule has 232 valence electrons. The molecule has 0 N–H and O–H groups in total. The molecule has 0 bridgehead atoms. The number of benzene rings is 5. The van der Waals surface area contributed by atoms with Crippen LogP contribution in [0, 0.1) is 6.33 Å². The number of nitrogens with zero attached hydrogens (tertiary/aromatic N) is 4. The Kier molecular flexibility index (Phi) is 6.16. The van der Waals surface area contributed by atoms with E-state index in [1.807, 2.05) is 24.0 Å². The number of aromatic nitrogens is 4. The van der Waals surface area contributed by atoms with E-state index in [-0.39, 0.29) is 5.41 Å². The van der Waals surface area contributed by atoms with E-state index in [1.54, 1.807) is 0 Å². The zero-order valence-electron chi connectivity index (χ0n) is 27.6. The van der Waals surface area contributed by atoms with E-state index in [0.717, 1.165) is 16.9 Å². The fraction of sp³-hybridized carbons (Fsp3) is 0.136. The third-order valence-electron chi connectivity index (χ3n) is 10.1. The van der Waals surface area contributed by atoms with Gasteiger partial charge in [-0.2, -0.15) is 0 Å². The highest BCUT2D eigenvalue weighted by Gasteiger charge is 2.45. The van der Waals surface area contributed by atoms with Crippen molar-refractivity contribution >= 4 is 21.8 Å². The number of hydrogen-bond donors (Lipinski definition) is 0. The van der Waals surface area contributed by atoms with Crippen molar-refractivity contribution in [3.63, 3.8) is 0 Å². The summed E-state index contributed by atoms with van der Waals surface area (Å²) < 4.78 is 6.52. The van der Waals surface area contributed by atoms with Gasteiger partial charge in [0.2, 0.25) is 6.33 Å². The maximum atomic E-state index is 4.93. The monoisotopic (exact) mass is 620 g/mol. The zero-order valence-corrected chi connectivity index (χ0v) is 27.6. The first-order chi connectivity index (χ1) is 23.3. The van der Waals surface area contributed by atoms with E-state index in [2.05, 4.69) is 170 Å².